The normalized spacial score (nSPS) is 10.9. The molecule has 0 aliphatic rings. The molecule has 0 saturated heterocycles. The van der Waals surface area contributed by atoms with Crippen LogP contribution < -0.4 is 21.7 Å². The van der Waals surface area contributed by atoms with E-state index in [4.69, 9.17) is 21.7 Å². The highest BCUT2D eigenvalue weighted by Gasteiger charge is 2.15. The van der Waals surface area contributed by atoms with Gasteiger partial charge in [-0.3, -0.25) is 4.79 Å². The second kappa shape index (κ2) is 12.6. The molecule has 1 atom stereocenters. The lowest BCUT2D eigenvalue weighted by Crippen LogP contribution is -2.16. The van der Waals surface area contributed by atoms with Gasteiger partial charge in [0.15, 0.2) is 11.6 Å². The van der Waals surface area contributed by atoms with Crippen molar-refractivity contribution in [1.82, 2.24) is 14.8 Å². The van der Waals surface area contributed by atoms with Gasteiger partial charge in [-0.1, -0.05) is 44.5 Å². The van der Waals surface area contributed by atoms with Crippen molar-refractivity contribution in [3.8, 4) is 5.82 Å². The molecule has 1 amide bonds. The second-order valence-electron chi connectivity index (χ2n) is 8.05. The van der Waals surface area contributed by atoms with Gasteiger partial charge < -0.3 is 27.2 Å². The highest BCUT2D eigenvalue weighted by atomic mass is 31.0. The molecule has 0 saturated carbocycles. The number of para-hydroxylation sites is 1. The Morgan fingerprint density at radius 1 is 1.14 bits per heavy atom. The maximum Gasteiger partial charge on any atom is 0.258 e. The fourth-order valence-electron chi connectivity index (χ4n) is 3.42. The quantitative estimate of drug-likeness (QED) is 0.0996. The number of hydrogen-bond acceptors (Lipinski definition) is 7. The SMILES string of the molecule is C/C=C(\C=N)C(=O)Nc1cccc(-n2nc(Nc3cc(C=N)c(N)cc3P)c3ccccc32)n1.CCC. The van der Waals surface area contributed by atoms with Crippen molar-refractivity contribution in [3.05, 3.63) is 71.8 Å². The molecule has 2 aromatic heterocycles. The average molecular weight is 515 g/mol. The van der Waals surface area contributed by atoms with E-state index in [9.17, 15) is 4.79 Å². The molecule has 4 aromatic rings. The maximum atomic E-state index is 12.3. The van der Waals surface area contributed by atoms with Crippen LogP contribution >= 0.6 is 9.24 Å². The van der Waals surface area contributed by atoms with Gasteiger partial charge in [-0.05, 0) is 48.6 Å². The Morgan fingerprint density at radius 2 is 1.86 bits per heavy atom. The molecule has 190 valence electrons. The summed E-state index contributed by atoms with van der Waals surface area (Å²) in [5, 5.41) is 27.5. The molecule has 37 heavy (non-hydrogen) atoms. The van der Waals surface area contributed by atoms with E-state index in [0.29, 0.717) is 28.7 Å². The summed E-state index contributed by atoms with van der Waals surface area (Å²) in [5.41, 5.74) is 8.93. The van der Waals surface area contributed by atoms with E-state index in [1.165, 1.54) is 12.6 Å². The van der Waals surface area contributed by atoms with Crippen LogP contribution in [0, 0.1) is 10.8 Å². The predicted octanol–water partition coefficient (Wildman–Crippen LogP) is 5.20. The smallest absolute Gasteiger partial charge is 0.258 e. The molecule has 0 aliphatic carbocycles. The zero-order valence-electron chi connectivity index (χ0n) is 21.0. The fourth-order valence-corrected chi connectivity index (χ4v) is 3.76. The van der Waals surface area contributed by atoms with Crippen LogP contribution in [0.15, 0.2) is 66.2 Å². The summed E-state index contributed by atoms with van der Waals surface area (Å²) in [6.45, 7) is 5.94. The first-order valence-electron chi connectivity index (χ1n) is 11.8. The number of fused-ring (bicyclic) bond motifs is 1. The number of rotatable bonds is 7. The third kappa shape index (κ3) is 6.26. The molecular formula is C27H31N8OP. The van der Waals surface area contributed by atoms with Crippen LogP contribution in [0.25, 0.3) is 16.7 Å². The molecule has 4 rings (SSSR count). The van der Waals surface area contributed by atoms with Gasteiger partial charge in [0.25, 0.3) is 5.91 Å². The number of allylic oxidation sites excluding steroid dienone is 1. The van der Waals surface area contributed by atoms with E-state index in [-0.39, 0.29) is 5.57 Å². The van der Waals surface area contributed by atoms with Crippen LogP contribution in [0.5, 0.6) is 0 Å². The molecule has 0 radical (unpaired) electrons. The van der Waals surface area contributed by atoms with Gasteiger partial charge in [-0.25, -0.2) is 9.67 Å². The molecule has 2 aromatic carbocycles. The summed E-state index contributed by atoms with van der Waals surface area (Å²) in [5.74, 6) is 1.06. The minimum Gasteiger partial charge on any atom is -0.398 e. The first kappa shape index (κ1) is 27.2. The highest BCUT2D eigenvalue weighted by molar-refractivity contribution is 7.28. The lowest BCUT2D eigenvalue weighted by molar-refractivity contribution is -0.112. The molecule has 10 heteroatoms. The molecule has 0 aliphatic heterocycles. The monoisotopic (exact) mass is 514 g/mol. The number of benzene rings is 2. The number of carbonyl (C=O) groups is 1. The van der Waals surface area contributed by atoms with Crippen LogP contribution in [0.3, 0.4) is 0 Å². The van der Waals surface area contributed by atoms with Crippen LogP contribution in [0.4, 0.5) is 23.0 Å². The Labute approximate surface area is 218 Å². The molecule has 0 spiro atoms. The molecule has 9 nitrogen and oxygen atoms in total. The van der Waals surface area contributed by atoms with Crippen molar-refractivity contribution >= 4 is 66.8 Å². The number of anilines is 4. The summed E-state index contributed by atoms with van der Waals surface area (Å²) in [7, 11) is 2.64. The van der Waals surface area contributed by atoms with Gasteiger partial charge in [-0.2, -0.15) is 0 Å². The Bertz CT molecular complexity index is 1470. The zero-order chi connectivity index (χ0) is 26.9. The number of aromatic nitrogens is 3. The molecule has 0 bridgehead atoms. The van der Waals surface area contributed by atoms with E-state index in [0.717, 1.165) is 28.1 Å². The van der Waals surface area contributed by atoms with Gasteiger partial charge in [0.1, 0.15) is 5.82 Å². The Balaban J connectivity index is 0.00000121. The van der Waals surface area contributed by atoms with E-state index in [2.05, 4.69) is 38.7 Å². The number of pyridine rings is 1. The molecule has 0 fully saturated rings. The predicted molar refractivity (Wildman–Crippen MR) is 157 cm³/mol. The largest absolute Gasteiger partial charge is 0.398 e. The van der Waals surface area contributed by atoms with Crippen LogP contribution in [-0.4, -0.2) is 33.1 Å². The zero-order valence-corrected chi connectivity index (χ0v) is 22.2. The van der Waals surface area contributed by atoms with Crippen molar-refractivity contribution in [2.45, 2.75) is 27.2 Å². The average Bonchev–Trinajstić information content (AvgIpc) is 3.25. The van der Waals surface area contributed by atoms with Crippen LogP contribution in [0.1, 0.15) is 32.8 Å². The number of nitrogens with zero attached hydrogens (tertiary/aromatic N) is 3. The number of nitrogen functional groups attached to an aromatic ring is 1. The first-order valence-corrected chi connectivity index (χ1v) is 12.3. The van der Waals surface area contributed by atoms with Crippen molar-refractivity contribution in [3.63, 3.8) is 0 Å². The van der Waals surface area contributed by atoms with Crippen LogP contribution in [-0.2, 0) is 4.79 Å². The fraction of sp³-hybridized carbons (Fsp3) is 0.148. The number of nitrogens with one attached hydrogen (secondary N) is 4. The number of amides is 1. The minimum absolute atomic E-state index is 0.240. The van der Waals surface area contributed by atoms with Gasteiger partial charge >= 0.3 is 0 Å². The van der Waals surface area contributed by atoms with Gasteiger partial charge in [0.05, 0.1) is 11.1 Å². The summed E-state index contributed by atoms with van der Waals surface area (Å²) < 4.78 is 1.69. The van der Waals surface area contributed by atoms with Gasteiger partial charge in [0, 0.05) is 34.8 Å². The highest BCUT2D eigenvalue weighted by Crippen LogP contribution is 2.29. The third-order valence-electron chi connectivity index (χ3n) is 5.17. The number of carbonyl (C=O) groups excluding carboxylic acids is 1. The van der Waals surface area contributed by atoms with Crippen molar-refractivity contribution in [2.75, 3.05) is 16.4 Å². The third-order valence-corrected chi connectivity index (χ3v) is 5.65. The van der Waals surface area contributed by atoms with E-state index in [1.807, 2.05) is 24.3 Å². The summed E-state index contributed by atoms with van der Waals surface area (Å²) in [4.78, 5) is 16.9. The number of hydrogen-bond donors (Lipinski definition) is 5. The Hall–Kier alpha value is -4.36. The van der Waals surface area contributed by atoms with Gasteiger partial charge in [-0.15, -0.1) is 14.3 Å². The van der Waals surface area contributed by atoms with Gasteiger partial charge in [0.2, 0.25) is 0 Å². The molecule has 2 heterocycles. The second-order valence-corrected chi connectivity index (χ2v) is 8.67. The van der Waals surface area contributed by atoms with Crippen molar-refractivity contribution < 1.29 is 4.79 Å². The lowest BCUT2D eigenvalue weighted by Gasteiger charge is -2.10. The summed E-state index contributed by atoms with van der Waals surface area (Å²) >= 11 is 0. The van der Waals surface area contributed by atoms with Crippen LogP contribution in [0.2, 0.25) is 0 Å². The lowest BCUT2D eigenvalue weighted by atomic mass is 10.1. The molecule has 6 N–H and O–H groups in total. The van der Waals surface area contributed by atoms with Crippen molar-refractivity contribution in [2.24, 2.45) is 0 Å². The topological polar surface area (TPSA) is 146 Å². The number of nitrogens with two attached hydrogens (primary N) is 1. The Kier molecular flexibility index (Phi) is 9.24. The minimum atomic E-state index is -0.409. The molecular weight excluding hydrogens is 483 g/mol. The van der Waals surface area contributed by atoms with E-state index < -0.39 is 5.91 Å². The van der Waals surface area contributed by atoms with Crippen molar-refractivity contribution in [1.29, 1.82) is 10.8 Å². The standard InChI is InChI=1S/C24H23N8OP.C3H8/c1-2-14(12-25)24(33)30-21-8-5-9-22(29-21)32-19-7-4-3-6-16(19)23(31-32)28-18-10-15(13-26)17(27)11-20(18)34;1-3-2/h2-13,25-26H,27,34H2,1H3,(H,28,31)(H,29,30,33);3H2,1-2H3/b14-2+,25-12?,26-13?;. The summed E-state index contributed by atoms with van der Waals surface area (Å²) in [6.07, 6.45) is 5.02. The van der Waals surface area contributed by atoms with E-state index in [1.54, 1.807) is 48.0 Å². The van der Waals surface area contributed by atoms with E-state index >= 15 is 0 Å². The first-order chi connectivity index (χ1) is 17.9. The molecule has 1 unspecified atom stereocenters. The summed E-state index contributed by atoms with van der Waals surface area (Å²) in [6, 6.07) is 16.6. The maximum absolute atomic E-state index is 12.3. The Morgan fingerprint density at radius 3 is 2.54 bits per heavy atom.